The number of para-hydroxylation sites is 2. The van der Waals surface area contributed by atoms with Crippen molar-refractivity contribution in [1.82, 2.24) is 15.0 Å². The number of hydrogen-bond donors (Lipinski definition) is 2. The van der Waals surface area contributed by atoms with Crippen LogP contribution in [-0.2, 0) is 11.3 Å². The predicted octanol–water partition coefficient (Wildman–Crippen LogP) is 1.05. The fourth-order valence-corrected chi connectivity index (χ4v) is 1.83. The quantitative estimate of drug-likeness (QED) is 0.472. The van der Waals surface area contributed by atoms with Crippen LogP contribution in [0.1, 0.15) is 13.8 Å². The predicted molar refractivity (Wildman–Crippen MR) is 65.8 cm³/mol. The van der Waals surface area contributed by atoms with E-state index in [0.717, 1.165) is 11.0 Å². The number of aromatic nitrogens is 2. The topological polar surface area (TPSA) is 72.9 Å². The molecule has 2 rings (SSSR count). The van der Waals surface area contributed by atoms with E-state index in [1.165, 1.54) is 0 Å². The van der Waals surface area contributed by atoms with Crippen LogP contribution < -0.4 is 11.3 Å². The van der Waals surface area contributed by atoms with Gasteiger partial charge in [-0.15, -0.1) is 0 Å². The number of nitrogens with one attached hydrogen (secondary N) is 1. The number of carbonyl (C=O) groups excluding carboxylic acids is 1. The lowest BCUT2D eigenvalue weighted by molar-refractivity contribution is -0.130. The van der Waals surface area contributed by atoms with Crippen molar-refractivity contribution >= 4 is 16.9 Å². The van der Waals surface area contributed by atoms with Crippen LogP contribution >= 0.6 is 0 Å². The fraction of sp³-hybridized carbons (Fsp3) is 0.333. The molecule has 0 aliphatic rings. The van der Waals surface area contributed by atoms with E-state index in [-0.39, 0.29) is 5.91 Å². The Bertz CT molecular complexity index is 544. The molecule has 1 amide bonds. The van der Waals surface area contributed by atoms with Gasteiger partial charge in [0.2, 0.25) is 5.91 Å². The summed E-state index contributed by atoms with van der Waals surface area (Å²) in [4.78, 5) is 15.9. The first-order valence-electron chi connectivity index (χ1n) is 5.45. The first-order valence-corrected chi connectivity index (χ1v) is 5.45. The molecule has 0 saturated carbocycles. The van der Waals surface area contributed by atoms with Gasteiger partial charge in [0, 0.05) is 6.54 Å². The van der Waals surface area contributed by atoms with E-state index in [1.54, 1.807) is 6.33 Å². The average Bonchev–Trinajstić information content (AvgIpc) is 2.71. The van der Waals surface area contributed by atoms with Crippen molar-refractivity contribution in [3.05, 3.63) is 30.6 Å². The van der Waals surface area contributed by atoms with Gasteiger partial charge in [-0.1, -0.05) is 12.1 Å². The monoisotopic (exact) mass is 232 g/mol. The fourth-order valence-electron chi connectivity index (χ4n) is 1.83. The second-order valence-electron chi connectivity index (χ2n) is 4.72. The van der Waals surface area contributed by atoms with E-state index in [2.05, 4.69) is 10.4 Å². The lowest BCUT2D eigenvalue weighted by Crippen LogP contribution is -2.43. The maximum atomic E-state index is 11.6. The molecule has 5 nitrogen and oxygen atoms in total. The average molecular weight is 232 g/mol. The highest BCUT2D eigenvalue weighted by molar-refractivity contribution is 5.81. The van der Waals surface area contributed by atoms with Gasteiger partial charge in [-0.3, -0.25) is 10.2 Å². The highest BCUT2D eigenvalue weighted by Gasteiger charge is 2.27. The standard InChI is InChI=1S/C12H16N4O/c1-12(2,11(17)15-13)7-16-8-14-9-5-3-4-6-10(9)16/h3-6,8H,7,13H2,1-2H3,(H,15,17). The Hall–Kier alpha value is -1.88. The van der Waals surface area contributed by atoms with E-state index >= 15 is 0 Å². The molecule has 0 spiro atoms. The Kier molecular flexibility index (Phi) is 2.85. The van der Waals surface area contributed by atoms with Gasteiger partial charge >= 0.3 is 0 Å². The van der Waals surface area contributed by atoms with Crippen LogP contribution in [0.2, 0.25) is 0 Å². The summed E-state index contributed by atoms with van der Waals surface area (Å²) < 4.78 is 1.96. The second kappa shape index (κ2) is 4.18. The molecular weight excluding hydrogens is 216 g/mol. The third-order valence-corrected chi connectivity index (χ3v) is 2.84. The van der Waals surface area contributed by atoms with Crippen LogP contribution in [0.25, 0.3) is 11.0 Å². The van der Waals surface area contributed by atoms with Gasteiger partial charge in [0.05, 0.1) is 22.8 Å². The van der Waals surface area contributed by atoms with Gasteiger partial charge in [0.1, 0.15) is 0 Å². The van der Waals surface area contributed by atoms with Gasteiger partial charge in [0.25, 0.3) is 0 Å². The molecule has 0 unspecified atom stereocenters. The number of nitrogens with two attached hydrogens (primary N) is 1. The maximum absolute atomic E-state index is 11.6. The number of amides is 1. The number of carbonyl (C=O) groups is 1. The molecule has 0 aliphatic carbocycles. The van der Waals surface area contributed by atoms with Crippen molar-refractivity contribution in [3.63, 3.8) is 0 Å². The number of hydrazine groups is 1. The van der Waals surface area contributed by atoms with Gasteiger partial charge in [-0.2, -0.15) is 0 Å². The number of benzene rings is 1. The maximum Gasteiger partial charge on any atom is 0.241 e. The molecule has 90 valence electrons. The Morgan fingerprint density at radius 2 is 2.18 bits per heavy atom. The highest BCUT2D eigenvalue weighted by Crippen LogP contribution is 2.21. The summed E-state index contributed by atoms with van der Waals surface area (Å²) in [6.07, 6.45) is 1.75. The zero-order valence-electron chi connectivity index (χ0n) is 9.97. The normalized spacial score (nSPS) is 11.7. The first kappa shape index (κ1) is 11.6. The van der Waals surface area contributed by atoms with Crippen LogP contribution in [-0.4, -0.2) is 15.5 Å². The Balaban J connectivity index is 2.33. The van der Waals surface area contributed by atoms with E-state index in [1.807, 2.05) is 42.7 Å². The van der Waals surface area contributed by atoms with Gasteiger partial charge in [0.15, 0.2) is 0 Å². The van der Waals surface area contributed by atoms with Crippen molar-refractivity contribution in [2.45, 2.75) is 20.4 Å². The minimum Gasteiger partial charge on any atom is -0.330 e. The Labute approximate surface area is 99.6 Å². The number of imidazole rings is 1. The van der Waals surface area contributed by atoms with Crippen molar-refractivity contribution in [3.8, 4) is 0 Å². The summed E-state index contributed by atoms with van der Waals surface area (Å²) in [6.45, 7) is 4.24. The molecule has 1 aromatic carbocycles. The SMILES string of the molecule is CC(C)(Cn1cnc2ccccc21)C(=O)NN. The summed E-state index contributed by atoms with van der Waals surface area (Å²) in [5.74, 6) is 4.99. The number of hydrogen-bond acceptors (Lipinski definition) is 3. The zero-order chi connectivity index (χ0) is 12.5. The van der Waals surface area contributed by atoms with E-state index < -0.39 is 5.41 Å². The summed E-state index contributed by atoms with van der Waals surface area (Å²) in [7, 11) is 0. The molecule has 0 saturated heterocycles. The summed E-state index contributed by atoms with van der Waals surface area (Å²) in [6, 6.07) is 7.83. The van der Waals surface area contributed by atoms with Crippen LogP contribution in [0.15, 0.2) is 30.6 Å². The highest BCUT2D eigenvalue weighted by atomic mass is 16.2. The van der Waals surface area contributed by atoms with Crippen molar-refractivity contribution < 1.29 is 4.79 Å². The smallest absolute Gasteiger partial charge is 0.241 e. The third kappa shape index (κ3) is 2.14. The molecule has 17 heavy (non-hydrogen) atoms. The number of nitrogens with zero attached hydrogens (tertiary/aromatic N) is 2. The minimum absolute atomic E-state index is 0.185. The molecule has 0 atom stereocenters. The summed E-state index contributed by atoms with van der Waals surface area (Å²) in [5.41, 5.74) is 3.57. The molecule has 5 heteroatoms. The van der Waals surface area contributed by atoms with Crippen LogP contribution in [0.5, 0.6) is 0 Å². The van der Waals surface area contributed by atoms with E-state index in [9.17, 15) is 4.79 Å². The minimum atomic E-state index is -0.571. The molecule has 0 bridgehead atoms. The van der Waals surface area contributed by atoms with E-state index in [0.29, 0.717) is 6.54 Å². The lowest BCUT2D eigenvalue weighted by atomic mass is 9.92. The second-order valence-corrected chi connectivity index (χ2v) is 4.72. The molecule has 2 aromatic rings. The first-order chi connectivity index (χ1) is 8.04. The molecule has 1 heterocycles. The number of fused-ring (bicyclic) bond motifs is 1. The zero-order valence-corrected chi connectivity index (χ0v) is 9.97. The molecule has 0 radical (unpaired) electrons. The molecule has 0 fully saturated rings. The van der Waals surface area contributed by atoms with Crippen molar-refractivity contribution in [2.24, 2.45) is 11.3 Å². The summed E-state index contributed by atoms with van der Waals surface area (Å²) in [5, 5.41) is 0. The van der Waals surface area contributed by atoms with Crippen LogP contribution in [0.3, 0.4) is 0 Å². The van der Waals surface area contributed by atoms with E-state index in [4.69, 9.17) is 5.84 Å². The largest absolute Gasteiger partial charge is 0.330 e. The lowest BCUT2D eigenvalue weighted by Gasteiger charge is -2.22. The van der Waals surface area contributed by atoms with Gasteiger partial charge in [-0.25, -0.2) is 10.8 Å². The molecular formula is C12H16N4O. The van der Waals surface area contributed by atoms with Crippen LogP contribution in [0.4, 0.5) is 0 Å². The van der Waals surface area contributed by atoms with Crippen LogP contribution in [0, 0.1) is 5.41 Å². The Morgan fingerprint density at radius 3 is 2.88 bits per heavy atom. The molecule has 1 aromatic heterocycles. The Morgan fingerprint density at radius 1 is 1.47 bits per heavy atom. The van der Waals surface area contributed by atoms with Gasteiger partial charge < -0.3 is 4.57 Å². The third-order valence-electron chi connectivity index (χ3n) is 2.84. The number of rotatable bonds is 3. The van der Waals surface area contributed by atoms with Gasteiger partial charge in [-0.05, 0) is 26.0 Å². The van der Waals surface area contributed by atoms with Crippen molar-refractivity contribution in [2.75, 3.05) is 0 Å². The molecule has 3 N–H and O–H groups in total. The summed E-state index contributed by atoms with van der Waals surface area (Å²) >= 11 is 0. The van der Waals surface area contributed by atoms with Crippen molar-refractivity contribution in [1.29, 1.82) is 0 Å². The molecule has 0 aliphatic heterocycles.